The van der Waals surface area contributed by atoms with E-state index in [0.717, 1.165) is 0 Å². The molecule has 0 bridgehead atoms. The highest BCUT2D eigenvalue weighted by Crippen LogP contribution is 2.21. The van der Waals surface area contributed by atoms with Crippen molar-refractivity contribution >= 4 is 46.5 Å². The fraction of sp³-hybridized carbons (Fsp3) is 0.211. The van der Waals surface area contributed by atoms with Gasteiger partial charge in [0.05, 0.1) is 10.6 Å². The lowest BCUT2D eigenvalue weighted by Gasteiger charge is -2.12. The van der Waals surface area contributed by atoms with E-state index in [2.05, 4.69) is 24.5 Å². The van der Waals surface area contributed by atoms with Gasteiger partial charge in [0.2, 0.25) is 0 Å². The number of amides is 1. The Balaban J connectivity index is 1.86. The first-order valence-corrected chi connectivity index (χ1v) is 8.91. The van der Waals surface area contributed by atoms with E-state index in [0.29, 0.717) is 17.4 Å². The maximum Gasteiger partial charge on any atom is 0.337 e. The van der Waals surface area contributed by atoms with Crippen molar-refractivity contribution in [3.63, 3.8) is 0 Å². The number of benzene rings is 2. The molecule has 0 heterocycles. The van der Waals surface area contributed by atoms with Crippen LogP contribution in [0.2, 0.25) is 5.02 Å². The molecule has 6 nitrogen and oxygen atoms in total. The van der Waals surface area contributed by atoms with E-state index in [1.54, 1.807) is 18.2 Å². The highest BCUT2D eigenvalue weighted by atomic mass is 35.5. The fourth-order valence-corrected chi connectivity index (χ4v) is 2.62. The number of halogens is 1. The van der Waals surface area contributed by atoms with Crippen molar-refractivity contribution in [2.24, 2.45) is 0 Å². The van der Waals surface area contributed by atoms with Crippen LogP contribution in [0.3, 0.4) is 0 Å². The molecule has 27 heavy (non-hydrogen) atoms. The van der Waals surface area contributed by atoms with Crippen LogP contribution in [0.4, 0.5) is 5.69 Å². The molecule has 2 rings (SSSR count). The maximum atomic E-state index is 11.9. The number of carbonyl (C=O) groups excluding carboxylic acids is 1. The lowest BCUT2D eigenvalue weighted by Crippen LogP contribution is -2.37. The van der Waals surface area contributed by atoms with Gasteiger partial charge in [0.1, 0.15) is 5.75 Å². The second-order valence-corrected chi connectivity index (χ2v) is 6.83. The Kier molecular flexibility index (Phi) is 7.15. The average Bonchev–Trinajstić information content (AvgIpc) is 2.61. The lowest BCUT2D eigenvalue weighted by molar-refractivity contribution is -0.121. The van der Waals surface area contributed by atoms with E-state index in [1.165, 1.54) is 17.7 Å². The summed E-state index contributed by atoms with van der Waals surface area (Å²) >= 11 is 10.9. The van der Waals surface area contributed by atoms with Gasteiger partial charge in [0.25, 0.3) is 5.91 Å². The van der Waals surface area contributed by atoms with Crippen molar-refractivity contribution in [1.29, 1.82) is 0 Å². The van der Waals surface area contributed by atoms with Gasteiger partial charge in [-0.05, 0) is 54.0 Å². The molecular formula is C19H19ClN2O4S. The summed E-state index contributed by atoms with van der Waals surface area (Å²) in [5, 5.41) is 14.4. The first kappa shape index (κ1) is 20.7. The third-order valence-corrected chi connectivity index (χ3v) is 4.16. The molecular weight excluding hydrogens is 388 g/mol. The van der Waals surface area contributed by atoms with Gasteiger partial charge in [-0.3, -0.25) is 10.1 Å². The Labute approximate surface area is 167 Å². The topological polar surface area (TPSA) is 87.7 Å². The van der Waals surface area contributed by atoms with Crippen molar-refractivity contribution in [3.05, 3.63) is 58.6 Å². The number of carboxylic acid groups (broad SMARTS) is 1. The van der Waals surface area contributed by atoms with Gasteiger partial charge in [0, 0.05) is 5.69 Å². The number of carboxylic acids is 1. The number of rotatable bonds is 6. The zero-order valence-corrected chi connectivity index (χ0v) is 16.4. The van der Waals surface area contributed by atoms with Gasteiger partial charge >= 0.3 is 5.97 Å². The van der Waals surface area contributed by atoms with Gasteiger partial charge in [-0.2, -0.15) is 0 Å². The molecule has 0 unspecified atom stereocenters. The van der Waals surface area contributed by atoms with Gasteiger partial charge in [-0.1, -0.05) is 37.6 Å². The average molecular weight is 407 g/mol. The molecule has 2 aromatic rings. The monoisotopic (exact) mass is 406 g/mol. The van der Waals surface area contributed by atoms with Gasteiger partial charge in [0.15, 0.2) is 11.7 Å². The van der Waals surface area contributed by atoms with E-state index in [9.17, 15) is 9.59 Å². The first-order valence-electron chi connectivity index (χ1n) is 8.12. The Morgan fingerprint density at radius 3 is 2.44 bits per heavy atom. The third kappa shape index (κ3) is 6.23. The zero-order valence-electron chi connectivity index (χ0n) is 14.8. The van der Waals surface area contributed by atoms with Gasteiger partial charge in [-0.15, -0.1) is 0 Å². The van der Waals surface area contributed by atoms with Crippen LogP contribution in [-0.2, 0) is 4.79 Å². The Morgan fingerprint density at radius 2 is 1.85 bits per heavy atom. The van der Waals surface area contributed by atoms with Crippen LogP contribution in [0, 0.1) is 0 Å². The smallest absolute Gasteiger partial charge is 0.337 e. The summed E-state index contributed by atoms with van der Waals surface area (Å²) in [6.45, 7) is 3.98. The third-order valence-electron chi connectivity index (χ3n) is 3.62. The molecule has 0 aromatic heterocycles. The van der Waals surface area contributed by atoms with Crippen LogP contribution in [0.25, 0.3) is 0 Å². The number of hydrogen-bond donors (Lipinski definition) is 3. The summed E-state index contributed by atoms with van der Waals surface area (Å²) < 4.78 is 5.43. The molecule has 8 heteroatoms. The zero-order chi connectivity index (χ0) is 20.0. The predicted octanol–water partition coefficient (Wildman–Crippen LogP) is 4.05. The largest absolute Gasteiger partial charge is 0.484 e. The lowest BCUT2D eigenvalue weighted by atomic mass is 10.0. The van der Waals surface area contributed by atoms with Crippen LogP contribution in [0.5, 0.6) is 5.75 Å². The summed E-state index contributed by atoms with van der Waals surface area (Å²) in [6.07, 6.45) is 0. The number of anilines is 1. The van der Waals surface area contributed by atoms with Gasteiger partial charge < -0.3 is 15.2 Å². The number of carbonyl (C=O) groups is 2. The summed E-state index contributed by atoms with van der Waals surface area (Å²) in [5.74, 6) is -0.596. The van der Waals surface area contributed by atoms with Crippen molar-refractivity contribution in [3.8, 4) is 5.75 Å². The number of hydrogen-bond acceptors (Lipinski definition) is 4. The minimum Gasteiger partial charge on any atom is -0.484 e. The van der Waals surface area contributed by atoms with Crippen LogP contribution < -0.4 is 15.4 Å². The summed E-state index contributed by atoms with van der Waals surface area (Å²) in [6, 6.07) is 11.8. The number of ether oxygens (including phenoxy) is 1. The standard InChI is InChI=1S/C19H19ClN2O4S/c1-11(2)12-3-6-14(7-4-12)26-10-17(23)22-19(27)21-13-5-8-16(20)15(9-13)18(24)25/h3-9,11H,10H2,1-2H3,(H,24,25)(H2,21,22,23,27). The molecule has 0 aliphatic rings. The molecule has 3 N–H and O–H groups in total. The quantitative estimate of drug-likeness (QED) is 0.627. The molecule has 0 spiro atoms. The Hall–Kier alpha value is -2.64. The summed E-state index contributed by atoms with van der Waals surface area (Å²) in [4.78, 5) is 23.0. The number of nitrogens with one attached hydrogen (secondary N) is 2. The number of aromatic carboxylic acids is 1. The molecule has 0 saturated carbocycles. The molecule has 0 atom stereocenters. The molecule has 0 radical (unpaired) electrons. The SMILES string of the molecule is CC(C)c1ccc(OCC(=O)NC(=S)Nc2ccc(Cl)c(C(=O)O)c2)cc1. The Bertz CT molecular complexity index is 853. The summed E-state index contributed by atoms with van der Waals surface area (Å²) in [7, 11) is 0. The van der Waals surface area contributed by atoms with Crippen LogP contribution in [0.15, 0.2) is 42.5 Å². The fourth-order valence-electron chi connectivity index (χ4n) is 2.19. The maximum absolute atomic E-state index is 11.9. The highest BCUT2D eigenvalue weighted by molar-refractivity contribution is 7.80. The van der Waals surface area contributed by atoms with Crippen molar-refractivity contribution in [2.45, 2.75) is 19.8 Å². The molecule has 1 amide bonds. The van der Waals surface area contributed by atoms with E-state index < -0.39 is 11.9 Å². The minimum absolute atomic E-state index is 0.0254. The second kappa shape index (κ2) is 9.34. The minimum atomic E-state index is -1.16. The highest BCUT2D eigenvalue weighted by Gasteiger charge is 2.11. The predicted molar refractivity (Wildman–Crippen MR) is 109 cm³/mol. The van der Waals surface area contributed by atoms with Crippen molar-refractivity contribution in [1.82, 2.24) is 5.32 Å². The molecule has 0 aliphatic heterocycles. The molecule has 2 aromatic carbocycles. The van der Waals surface area contributed by atoms with Crippen molar-refractivity contribution in [2.75, 3.05) is 11.9 Å². The van der Waals surface area contributed by atoms with E-state index in [4.69, 9.17) is 33.7 Å². The molecule has 142 valence electrons. The number of thiocarbonyl (C=S) groups is 1. The van der Waals surface area contributed by atoms with E-state index >= 15 is 0 Å². The molecule has 0 saturated heterocycles. The normalized spacial score (nSPS) is 10.4. The van der Waals surface area contributed by atoms with Crippen LogP contribution >= 0.6 is 23.8 Å². The Morgan fingerprint density at radius 1 is 1.19 bits per heavy atom. The second-order valence-electron chi connectivity index (χ2n) is 6.01. The van der Waals surface area contributed by atoms with E-state index in [1.807, 2.05) is 12.1 Å². The van der Waals surface area contributed by atoms with Gasteiger partial charge in [-0.25, -0.2) is 4.79 Å². The molecule has 0 aliphatic carbocycles. The van der Waals surface area contributed by atoms with Crippen LogP contribution in [-0.4, -0.2) is 28.7 Å². The van der Waals surface area contributed by atoms with Crippen molar-refractivity contribution < 1.29 is 19.4 Å². The summed E-state index contributed by atoms with van der Waals surface area (Å²) in [5.41, 5.74) is 1.51. The van der Waals surface area contributed by atoms with Crippen LogP contribution in [0.1, 0.15) is 35.7 Å². The van der Waals surface area contributed by atoms with E-state index in [-0.39, 0.29) is 22.3 Å². The molecule has 0 fully saturated rings. The first-order chi connectivity index (χ1) is 12.8.